The van der Waals surface area contributed by atoms with Gasteiger partial charge in [-0.1, -0.05) is 0 Å². The first kappa shape index (κ1) is 15.6. The van der Waals surface area contributed by atoms with Crippen molar-refractivity contribution in [2.45, 2.75) is 6.18 Å². The van der Waals surface area contributed by atoms with Crippen LogP contribution in [0.25, 0.3) is 0 Å². The molecular formula is C14H9BrF3N3O2. The number of nitrogens with zero attached hydrogens (tertiary/aromatic N) is 2. The Morgan fingerprint density at radius 2 is 2.09 bits per heavy atom. The number of ether oxygens (including phenoxy) is 2. The Hall–Kier alpha value is -2.29. The predicted molar refractivity (Wildman–Crippen MR) is 80.7 cm³/mol. The van der Waals surface area contributed by atoms with Crippen molar-refractivity contribution in [3.05, 3.63) is 46.1 Å². The molecule has 0 radical (unpaired) electrons. The Morgan fingerprint density at radius 3 is 2.78 bits per heavy atom. The SMILES string of the molecule is FC(F)(F)c1ccc(N/N=C\c2cc(Br)c3c(c2)OCO3)nc1. The van der Waals surface area contributed by atoms with Crippen molar-refractivity contribution in [1.82, 2.24) is 4.98 Å². The van der Waals surface area contributed by atoms with Crippen molar-refractivity contribution in [2.24, 2.45) is 5.10 Å². The maximum absolute atomic E-state index is 12.4. The number of fused-ring (bicyclic) bond motifs is 1. The van der Waals surface area contributed by atoms with Crippen molar-refractivity contribution in [1.29, 1.82) is 0 Å². The third-order valence-electron chi connectivity index (χ3n) is 2.93. The van der Waals surface area contributed by atoms with Gasteiger partial charge in [0.05, 0.1) is 16.3 Å². The van der Waals surface area contributed by atoms with E-state index in [1.165, 1.54) is 12.3 Å². The summed E-state index contributed by atoms with van der Waals surface area (Å²) in [6.07, 6.45) is -2.17. The van der Waals surface area contributed by atoms with Crippen LogP contribution in [0.5, 0.6) is 11.5 Å². The molecule has 0 spiro atoms. The second-order valence-corrected chi connectivity index (χ2v) is 5.39. The summed E-state index contributed by atoms with van der Waals surface area (Å²) in [6, 6.07) is 5.65. The van der Waals surface area contributed by atoms with E-state index in [0.29, 0.717) is 11.5 Å². The van der Waals surface area contributed by atoms with E-state index in [1.54, 1.807) is 12.1 Å². The Morgan fingerprint density at radius 1 is 1.26 bits per heavy atom. The summed E-state index contributed by atoms with van der Waals surface area (Å²) in [5.74, 6) is 1.42. The first-order chi connectivity index (χ1) is 10.9. The van der Waals surface area contributed by atoms with Crippen LogP contribution < -0.4 is 14.9 Å². The molecular weight excluding hydrogens is 379 g/mol. The molecule has 1 aliphatic rings. The van der Waals surface area contributed by atoms with Gasteiger partial charge in [-0.05, 0) is 45.8 Å². The molecule has 0 fully saturated rings. The van der Waals surface area contributed by atoms with Crippen LogP contribution in [-0.4, -0.2) is 18.0 Å². The second-order valence-electron chi connectivity index (χ2n) is 4.54. The Kier molecular flexibility index (Phi) is 4.12. The lowest BCUT2D eigenvalue weighted by molar-refractivity contribution is -0.137. The fraction of sp³-hybridized carbons (Fsp3) is 0.143. The minimum Gasteiger partial charge on any atom is -0.454 e. The van der Waals surface area contributed by atoms with Gasteiger partial charge >= 0.3 is 6.18 Å². The van der Waals surface area contributed by atoms with Gasteiger partial charge in [-0.3, -0.25) is 5.43 Å². The number of alkyl halides is 3. The van der Waals surface area contributed by atoms with Crippen molar-refractivity contribution >= 4 is 28.0 Å². The monoisotopic (exact) mass is 387 g/mol. The zero-order valence-electron chi connectivity index (χ0n) is 11.4. The van der Waals surface area contributed by atoms with Gasteiger partial charge in [0.1, 0.15) is 5.82 Å². The Balaban J connectivity index is 1.69. The maximum atomic E-state index is 12.4. The van der Waals surface area contributed by atoms with Crippen molar-refractivity contribution < 1.29 is 22.6 Å². The van der Waals surface area contributed by atoms with Crippen molar-refractivity contribution in [3.8, 4) is 11.5 Å². The molecule has 9 heteroatoms. The smallest absolute Gasteiger partial charge is 0.417 e. The largest absolute Gasteiger partial charge is 0.454 e. The molecule has 1 N–H and O–H groups in total. The number of benzene rings is 1. The van der Waals surface area contributed by atoms with E-state index in [0.717, 1.165) is 22.3 Å². The van der Waals surface area contributed by atoms with Crippen LogP contribution in [-0.2, 0) is 6.18 Å². The second kappa shape index (κ2) is 6.07. The van der Waals surface area contributed by atoms with Gasteiger partial charge in [0.25, 0.3) is 0 Å². The number of halogens is 4. The van der Waals surface area contributed by atoms with Crippen LogP contribution in [0.4, 0.5) is 19.0 Å². The third kappa shape index (κ3) is 3.55. The van der Waals surface area contributed by atoms with E-state index >= 15 is 0 Å². The molecule has 1 aromatic heterocycles. The highest BCUT2D eigenvalue weighted by Gasteiger charge is 2.30. The molecule has 23 heavy (non-hydrogen) atoms. The summed E-state index contributed by atoms with van der Waals surface area (Å²) in [7, 11) is 0. The highest BCUT2D eigenvalue weighted by molar-refractivity contribution is 9.10. The number of rotatable bonds is 3. The van der Waals surface area contributed by atoms with Gasteiger partial charge in [-0.2, -0.15) is 18.3 Å². The lowest BCUT2D eigenvalue weighted by Gasteiger charge is -2.06. The van der Waals surface area contributed by atoms with Crippen LogP contribution in [0.2, 0.25) is 0 Å². The first-order valence-electron chi connectivity index (χ1n) is 6.35. The molecule has 0 unspecified atom stereocenters. The average Bonchev–Trinajstić information content (AvgIpc) is 2.96. The number of hydrazone groups is 1. The standard InChI is InChI=1S/C14H9BrF3N3O2/c15-10-3-8(4-11-13(10)23-7-22-11)5-20-21-12-2-1-9(6-19-12)14(16,17)18/h1-6H,7H2,(H,19,21)/b20-5-. The maximum Gasteiger partial charge on any atom is 0.417 e. The van der Waals surface area contributed by atoms with Crippen LogP contribution in [0.1, 0.15) is 11.1 Å². The molecule has 5 nitrogen and oxygen atoms in total. The minimum atomic E-state index is -4.41. The number of hydrogen-bond acceptors (Lipinski definition) is 5. The first-order valence-corrected chi connectivity index (χ1v) is 7.14. The zero-order valence-corrected chi connectivity index (χ0v) is 13.0. The molecule has 0 saturated carbocycles. The van der Waals surface area contributed by atoms with Gasteiger partial charge in [0.15, 0.2) is 11.5 Å². The summed E-state index contributed by atoms with van der Waals surface area (Å²) in [5, 5.41) is 3.93. The van der Waals surface area contributed by atoms with Crippen molar-refractivity contribution in [3.63, 3.8) is 0 Å². The van der Waals surface area contributed by atoms with Crippen LogP contribution in [0.15, 0.2) is 40.0 Å². The van der Waals surface area contributed by atoms with E-state index in [-0.39, 0.29) is 12.6 Å². The predicted octanol–water partition coefficient (Wildman–Crippen LogP) is 4.04. The van der Waals surface area contributed by atoms with Gasteiger partial charge < -0.3 is 9.47 Å². The Labute approximate surface area is 137 Å². The normalized spacial score (nSPS) is 13.6. The fourth-order valence-electron chi connectivity index (χ4n) is 1.86. The molecule has 120 valence electrons. The average molecular weight is 388 g/mol. The quantitative estimate of drug-likeness (QED) is 0.637. The Bertz CT molecular complexity index is 748. The van der Waals surface area contributed by atoms with E-state index in [1.807, 2.05) is 0 Å². The minimum absolute atomic E-state index is 0.155. The number of nitrogens with one attached hydrogen (secondary N) is 1. The molecule has 3 rings (SSSR count). The van der Waals surface area contributed by atoms with Crippen LogP contribution in [0.3, 0.4) is 0 Å². The summed E-state index contributed by atoms with van der Waals surface area (Å²) in [5.41, 5.74) is 2.47. The molecule has 0 amide bonds. The van der Waals surface area contributed by atoms with E-state index in [9.17, 15) is 13.2 Å². The van der Waals surface area contributed by atoms with Crippen molar-refractivity contribution in [2.75, 3.05) is 12.2 Å². The van der Waals surface area contributed by atoms with Crippen LogP contribution in [0, 0.1) is 0 Å². The molecule has 0 aliphatic carbocycles. The lowest BCUT2D eigenvalue weighted by Crippen LogP contribution is -2.05. The summed E-state index contributed by atoms with van der Waals surface area (Å²) in [4.78, 5) is 3.65. The van der Waals surface area contributed by atoms with E-state index in [4.69, 9.17) is 9.47 Å². The summed E-state index contributed by atoms with van der Waals surface area (Å²) < 4.78 is 48.5. The number of anilines is 1. The van der Waals surface area contributed by atoms with E-state index < -0.39 is 11.7 Å². The topological polar surface area (TPSA) is 55.7 Å². The van der Waals surface area contributed by atoms with Gasteiger partial charge in [0.2, 0.25) is 6.79 Å². The highest BCUT2D eigenvalue weighted by atomic mass is 79.9. The highest BCUT2D eigenvalue weighted by Crippen LogP contribution is 2.39. The lowest BCUT2D eigenvalue weighted by atomic mass is 10.2. The van der Waals surface area contributed by atoms with E-state index in [2.05, 4.69) is 31.4 Å². The van der Waals surface area contributed by atoms with Gasteiger partial charge in [0, 0.05) is 6.20 Å². The van der Waals surface area contributed by atoms with Gasteiger partial charge in [-0.15, -0.1) is 0 Å². The summed E-state index contributed by atoms with van der Waals surface area (Å²) in [6.45, 7) is 0.155. The molecule has 1 aromatic carbocycles. The molecule has 0 atom stereocenters. The molecule has 2 aromatic rings. The number of hydrogen-bond donors (Lipinski definition) is 1. The third-order valence-corrected chi connectivity index (χ3v) is 3.52. The molecule has 0 saturated heterocycles. The van der Waals surface area contributed by atoms with Crippen LogP contribution >= 0.6 is 15.9 Å². The molecule has 1 aliphatic heterocycles. The number of pyridine rings is 1. The number of aromatic nitrogens is 1. The van der Waals surface area contributed by atoms with Gasteiger partial charge in [-0.25, -0.2) is 4.98 Å². The molecule has 2 heterocycles. The molecule has 0 bridgehead atoms. The fourth-order valence-corrected chi connectivity index (χ4v) is 2.44. The zero-order chi connectivity index (χ0) is 16.4. The summed E-state index contributed by atoms with van der Waals surface area (Å²) >= 11 is 3.36.